The Hall–Kier alpha value is -4.09. The van der Waals surface area contributed by atoms with Crippen LogP contribution in [0.25, 0.3) is 11.0 Å². The minimum Gasteiger partial charge on any atom is -0.496 e. The summed E-state index contributed by atoms with van der Waals surface area (Å²) in [7, 11) is 2.82. The van der Waals surface area contributed by atoms with Gasteiger partial charge in [-0.2, -0.15) is 0 Å². The lowest BCUT2D eigenvalue weighted by molar-refractivity contribution is -0.129. The molecule has 2 aromatic carbocycles. The van der Waals surface area contributed by atoms with Gasteiger partial charge in [0.25, 0.3) is 0 Å². The van der Waals surface area contributed by atoms with Crippen LogP contribution in [0.5, 0.6) is 17.2 Å². The van der Waals surface area contributed by atoms with Gasteiger partial charge in [-0.25, -0.2) is 0 Å². The van der Waals surface area contributed by atoms with Crippen molar-refractivity contribution in [3.8, 4) is 17.2 Å². The molecule has 11 nitrogen and oxygen atoms in total. The molecule has 3 aromatic rings. The van der Waals surface area contributed by atoms with Crippen molar-refractivity contribution in [2.24, 2.45) is 5.92 Å². The molecule has 5 rings (SSSR count). The third-order valence-corrected chi connectivity index (χ3v) is 7.27. The number of aromatic nitrogens is 2. The quantitative estimate of drug-likeness (QED) is 0.315. The zero-order chi connectivity index (χ0) is 27.4. The number of hydrogen-bond acceptors (Lipinski definition) is 9. The molecule has 1 aliphatic carbocycles. The molecule has 0 fully saturated rings. The highest BCUT2D eigenvalue weighted by atomic mass is 35.5. The first kappa shape index (κ1) is 25.6. The number of nitrogens with zero attached hydrogens (tertiary/aromatic N) is 1. The summed E-state index contributed by atoms with van der Waals surface area (Å²) in [5.74, 6) is -1.18. The number of nitrogens with one attached hydrogen (secondary N) is 2. The van der Waals surface area contributed by atoms with Crippen LogP contribution in [0, 0.1) is 5.92 Å². The van der Waals surface area contributed by atoms with Gasteiger partial charge in [-0.3, -0.25) is 23.7 Å². The van der Waals surface area contributed by atoms with Gasteiger partial charge >= 0.3 is 11.1 Å². The zero-order valence-corrected chi connectivity index (χ0v) is 21.5. The van der Waals surface area contributed by atoms with E-state index in [4.69, 9.17) is 25.8 Å². The third-order valence-electron chi connectivity index (χ3n) is 6.91. The monoisotopic (exact) mass is 541 g/mol. The summed E-state index contributed by atoms with van der Waals surface area (Å²) in [4.78, 5) is 53.9. The van der Waals surface area contributed by atoms with Gasteiger partial charge in [0.05, 0.1) is 31.9 Å². The normalized spacial score (nSPS) is 20.3. The predicted molar refractivity (Wildman–Crippen MR) is 139 cm³/mol. The van der Waals surface area contributed by atoms with Crippen LogP contribution in [0.15, 0.2) is 45.6 Å². The molecule has 2 atom stereocenters. The number of carbonyl (C=O) groups excluding carboxylic acids is 2. The van der Waals surface area contributed by atoms with Crippen molar-refractivity contribution in [3.05, 3.63) is 67.3 Å². The SMILES string of the molecule is COc1cc(OC)c2c(c1Cl)OC1(C(=O)C=C(Nc3ccc4c(c3)[nH]c(=O)c(=O)n4CCO)CC1C)C2=O. The highest BCUT2D eigenvalue weighted by Crippen LogP contribution is 2.53. The van der Waals surface area contributed by atoms with Gasteiger partial charge < -0.3 is 29.6 Å². The van der Waals surface area contributed by atoms with E-state index < -0.39 is 34.2 Å². The number of methoxy groups -OCH3 is 2. The second kappa shape index (κ2) is 9.34. The van der Waals surface area contributed by atoms with E-state index in [1.54, 1.807) is 25.1 Å². The fraction of sp³-hybridized carbons (Fsp3) is 0.308. The fourth-order valence-corrected chi connectivity index (χ4v) is 5.35. The molecule has 0 amide bonds. The van der Waals surface area contributed by atoms with Crippen molar-refractivity contribution in [2.75, 3.05) is 26.1 Å². The molecular weight excluding hydrogens is 518 g/mol. The van der Waals surface area contributed by atoms with E-state index in [-0.39, 0.29) is 47.4 Å². The van der Waals surface area contributed by atoms with Crippen LogP contribution in [0.3, 0.4) is 0 Å². The minimum atomic E-state index is -1.80. The van der Waals surface area contributed by atoms with Crippen LogP contribution < -0.4 is 30.6 Å². The number of halogens is 1. The Morgan fingerprint density at radius 2 is 1.92 bits per heavy atom. The molecule has 1 spiro atoms. The molecule has 38 heavy (non-hydrogen) atoms. The van der Waals surface area contributed by atoms with Crippen LogP contribution >= 0.6 is 11.6 Å². The number of ketones is 2. The Labute approximate surface area is 220 Å². The number of hydrogen-bond donors (Lipinski definition) is 3. The summed E-state index contributed by atoms with van der Waals surface area (Å²) in [6, 6.07) is 6.40. The highest BCUT2D eigenvalue weighted by Gasteiger charge is 2.60. The van der Waals surface area contributed by atoms with E-state index >= 15 is 0 Å². The maximum Gasteiger partial charge on any atom is 0.316 e. The molecule has 0 saturated heterocycles. The molecule has 0 saturated carbocycles. The largest absolute Gasteiger partial charge is 0.496 e. The van der Waals surface area contributed by atoms with E-state index in [0.717, 1.165) is 0 Å². The van der Waals surface area contributed by atoms with Gasteiger partial charge in [0.15, 0.2) is 5.75 Å². The van der Waals surface area contributed by atoms with E-state index in [2.05, 4.69) is 10.3 Å². The number of fused-ring (bicyclic) bond motifs is 2. The first-order valence-electron chi connectivity index (χ1n) is 11.7. The topological polar surface area (TPSA) is 149 Å². The molecule has 2 aliphatic rings. The maximum absolute atomic E-state index is 13.6. The Balaban J connectivity index is 1.49. The van der Waals surface area contributed by atoms with Gasteiger partial charge in [-0.1, -0.05) is 18.5 Å². The number of aliphatic hydroxyl groups excluding tert-OH is 1. The van der Waals surface area contributed by atoms with Gasteiger partial charge in [0.1, 0.15) is 22.1 Å². The van der Waals surface area contributed by atoms with Crippen LogP contribution in [0.2, 0.25) is 5.02 Å². The number of ether oxygens (including phenoxy) is 3. The van der Waals surface area contributed by atoms with Crippen molar-refractivity contribution >= 4 is 39.9 Å². The van der Waals surface area contributed by atoms with Crippen molar-refractivity contribution in [1.29, 1.82) is 0 Å². The van der Waals surface area contributed by atoms with E-state index in [1.165, 1.54) is 30.9 Å². The van der Waals surface area contributed by atoms with Crippen LogP contribution in [-0.4, -0.2) is 52.7 Å². The number of aromatic amines is 1. The number of anilines is 1. The van der Waals surface area contributed by atoms with Crippen molar-refractivity contribution in [3.63, 3.8) is 0 Å². The molecule has 2 heterocycles. The van der Waals surface area contributed by atoms with E-state index in [1.807, 2.05) is 0 Å². The predicted octanol–water partition coefficient (Wildman–Crippen LogP) is 2.27. The Bertz CT molecular complexity index is 1660. The Kier molecular flexibility index (Phi) is 6.28. The molecule has 0 bridgehead atoms. The number of benzene rings is 2. The second-order valence-corrected chi connectivity index (χ2v) is 9.47. The van der Waals surface area contributed by atoms with Crippen molar-refractivity contribution in [2.45, 2.75) is 25.5 Å². The summed E-state index contributed by atoms with van der Waals surface area (Å²) in [6.45, 7) is 1.41. The summed E-state index contributed by atoms with van der Waals surface area (Å²) >= 11 is 6.42. The average Bonchev–Trinajstić information content (AvgIpc) is 3.20. The molecule has 3 N–H and O–H groups in total. The van der Waals surface area contributed by atoms with Gasteiger partial charge in [-0.05, 0) is 24.6 Å². The second-order valence-electron chi connectivity index (χ2n) is 9.10. The number of Topliss-reactive ketones (excluding diaryl/α,β-unsaturated/α-hetero) is 1. The lowest BCUT2D eigenvalue weighted by atomic mass is 9.74. The fourth-order valence-electron chi connectivity index (χ4n) is 5.08. The molecule has 198 valence electrons. The molecular formula is C26H24ClN3O8. The summed E-state index contributed by atoms with van der Waals surface area (Å²) in [5.41, 5.74) is -1.39. The van der Waals surface area contributed by atoms with Crippen LogP contribution in [0.4, 0.5) is 5.69 Å². The number of allylic oxidation sites excluding steroid dienone is 1. The Morgan fingerprint density at radius 3 is 2.58 bits per heavy atom. The molecule has 1 aromatic heterocycles. The average molecular weight is 542 g/mol. The summed E-state index contributed by atoms with van der Waals surface area (Å²) in [5, 5.41) is 12.5. The standard InChI is InChI=1S/C26H24ClN3O8/c1-12-8-14(28-13-4-5-16-15(9-13)29-24(34)25(35)30(16)6-7-31)10-19(32)26(12)23(33)20-17(36-2)11-18(37-3)21(27)22(20)38-26/h4-5,9-12,28,31H,6-8H2,1-3H3,(H,29,34). The number of carbonyl (C=O) groups is 2. The van der Waals surface area contributed by atoms with Crippen LogP contribution in [-0.2, 0) is 11.3 Å². The van der Waals surface area contributed by atoms with Crippen molar-refractivity contribution < 1.29 is 28.9 Å². The number of rotatable bonds is 6. The zero-order valence-electron chi connectivity index (χ0n) is 20.7. The van der Waals surface area contributed by atoms with Gasteiger partial charge in [0, 0.05) is 36.0 Å². The molecule has 1 aliphatic heterocycles. The maximum atomic E-state index is 13.6. The van der Waals surface area contributed by atoms with Crippen LogP contribution in [0.1, 0.15) is 23.7 Å². The van der Waals surface area contributed by atoms with Gasteiger partial charge in [0.2, 0.25) is 17.2 Å². The lowest BCUT2D eigenvalue weighted by Crippen LogP contribution is -2.55. The number of H-pyrrole nitrogens is 1. The lowest BCUT2D eigenvalue weighted by Gasteiger charge is -2.35. The third kappa shape index (κ3) is 3.69. The first-order valence-corrected chi connectivity index (χ1v) is 12.1. The van der Waals surface area contributed by atoms with E-state index in [0.29, 0.717) is 22.4 Å². The van der Waals surface area contributed by atoms with Crippen molar-refractivity contribution in [1.82, 2.24) is 9.55 Å². The molecule has 0 radical (unpaired) electrons. The molecule has 2 unspecified atom stereocenters. The van der Waals surface area contributed by atoms with Gasteiger partial charge in [-0.15, -0.1) is 0 Å². The Morgan fingerprint density at radius 1 is 1.18 bits per heavy atom. The summed E-state index contributed by atoms with van der Waals surface area (Å²) < 4.78 is 17.9. The smallest absolute Gasteiger partial charge is 0.316 e. The summed E-state index contributed by atoms with van der Waals surface area (Å²) in [6.07, 6.45) is 1.60. The highest BCUT2D eigenvalue weighted by molar-refractivity contribution is 6.36. The number of aliphatic hydroxyl groups is 1. The molecule has 12 heteroatoms. The van der Waals surface area contributed by atoms with E-state index in [9.17, 15) is 24.3 Å². The first-order chi connectivity index (χ1) is 18.2. The minimum absolute atomic E-state index is 0.0254.